The predicted molar refractivity (Wildman–Crippen MR) is 57.3 cm³/mol. The van der Waals surface area contributed by atoms with Crippen LogP contribution in [0.25, 0.3) is 0 Å². The van der Waals surface area contributed by atoms with Gasteiger partial charge in [0, 0.05) is 12.0 Å². The molecule has 3 heteroatoms. The van der Waals surface area contributed by atoms with Gasteiger partial charge >= 0.3 is 0 Å². The fourth-order valence-electron chi connectivity index (χ4n) is 1.18. The van der Waals surface area contributed by atoms with E-state index in [1.807, 2.05) is 6.92 Å². The number of nitrogens with two attached hydrogens (primary N) is 1. The summed E-state index contributed by atoms with van der Waals surface area (Å²) in [6.07, 6.45) is 1.69. The first kappa shape index (κ1) is 10.7. The van der Waals surface area contributed by atoms with Gasteiger partial charge < -0.3 is 5.73 Å². The molecule has 0 saturated carbocycles. The van der Waals surface area contributed by atoms with Crippen LogP contribution in [0.3, 0.4) is 0 Å². The number of hydrogen-bond donors (Lipinski definition) is 1. The Kier molecular flexibility index (Phi) is 3.63. The molecule has 1 rings (SSSR count). The number of hydrogen-bond acceptors (Lipinski definition) is 1. The molecule has 0 aromatic heterocycles. The molecule has 0 atom stereocenters. The van der Waals surface area contributed by atoms with E-state index in [4.69, 9.17) is 5.73 Å². The van der Waals surface area contributed by atoms with E-state index in [1.54, 1.807) is 19.1 Å². The van der Waals surface area contributed by atoms with Gasteiger partial charge in [-0.1, -0.05) is 13.0 Å². The fourth-order valence-corrected chi connectivity index (χ4v) is 1.18. The smallest absolute Gasteiger partial charge is 0.128 e. The highest BCUT2D eigenvalue weighted by molar-refractivity contribution is 5.83. The number of aliphatic imine (C=N–C) groups is 1. The number of benzene rings is 1. The van der Waals surface area contributed by atoms with Crippen molar-refractivity contribution in [3.8, 4) is 0 Å². The molecule has 2 nitrogen and oxygen atoms in total. The van der Waals surface area contributed by atoms with Gasteiger partial charge in [0.15, 0.2) is 0 Å². The molecule has 1 aromatic rings. The minimum Gasteiger partial charge on any atom is -0.387 e. The lowest BCUT2D eigenvalue weighted by Gasteiger charge is -2.02. The van der Waals surface area contributed by atoms with E-state index in [9.17, 15) is 4.39 Å². The minimum atomic E-state index is -0.240. The molecule has 0 aliphatic rings. The minimum absolute atomic E-state index is 0.240. The molecule has 0 unspecified atom stereocenters. The molecule has 1 aromatic carbocycles. The Bertz CT molecular complexity index is 345. The van der Waals surface area contributed by atoms with Crippen molar-refractivity contribution in [1.82, 2.24) is 0 Å². The molecule has 0 amide bonds. The molecule has 0 bridgehead atoms. The first-order chi connectivity index (χ1) is 6.65. The average molecular weight is 194 g/mol. The highest BCUT2D eigenvalue weighted by Crippen LogP contribution is 2.20. The van der Waals surface area contributed by atoms with Crippen LogP contribution in [0.5, 0.6) is 0 Å². The maximum atomic E-state index is 13.1. The van der Waals surface area contributed by atoms with Crippen LogP contribution in [0.15, 0.2) is 23.2 Å². The Labute approximate surface area is 83.7 Å². The van der Waals surface area contributed by atoms with Crippen LogP contribution in [0, 0.1) is 12.7 Å². The number of nitrogens with zero attached hydrogens (tertiary/aromatic N) is 1. The SMILES string of the molecule is CCCC(N)=Nc1cccc(F)c1C. The molecule has 76 valence electrons. The second-order valence-corrected chi connectivity index (χ2v) is 3.24. The molecular weight excluding hydrogens is 179 g/mol. The van der Waals surface area contributed by atoms with Crippen LogP contribution >= 0.6 is 0 Å². The Morgan fingerprint density at radius 2 is 2.21 bits per heavy atom. The van der Waals surface area contributed by atoms with E-state index >= 15 is 0 Å². The van der Waals surface area contributed by atoms with Crippen molar-refractivity contribution in [2.75, 3.05) is 0 Å². The van der Waals surface area contributed by atoms with Crippen molar-refractivity contribution in [2.45, 2.75) is 26.7 Å². The zero-order valence-corrected chi connectivity index (χ0v) is 8.55. The van der Waals surface area contributed by atoms with E-state index in [0.717, 1.165) is 12.8 Å². The van der Waals surface area contributed by atoms with Crippen LogP contribution in [0.2, 0.25) is 0 Å². The van der Waals surface area contributed by atoms with E-state index in [1.165, 1.54) is 6.07 Å². The van der Waals surface area contributed by atoms with Gasteiger partial charge in [-0.2, -0.15) is 0 Å². The fraction of sp³-hybridized carbons (Fsp3) is 0.364. The zero-order valence-electron chi connectivity index (χ0n) is 8.55. The van der Waals surface area contributed by atoms with E-state index in [2.05, 4.69) is 4.99 Å². The Hall–Kier alpha value is -1.38. The summed E-state index contributed by atoms with van der Waals surface area (Å²) >= 11 is 0. The number of amidine groups is 1. The highest BCUT2D eigenvalue weighted by Gasteiger charge is 2.02. The standard InChI is InChI=1S/C11H15FN2/c1-3-5-11(13)14-10-7-4-6-9(12)8(10)2/h4,6-7H,3,5H2,1-2H3,(H2,13,14). The van der Waals surface area contributed by atoms with Gasteiger partial charge in [0.2, 0.25) is 0 Å². The van der Waals surface area contributed by atoms with Gasteiger partial charge in [0.1, 0.15) is 5.82 Å². The van der Waals surface area contributed by atoms with Crippen molar-refractivity contribution in [1.29, 1.82) is 0 Å². The quantitative estimate of drug-likeness (QED) is 0.583. The van der Waals surface area contributed by atoms with Gasteiger partial charge in [-0.05, 0) is 25.5 Å². The molecule has 0 radical (unpaired) electrons. The largest absolute Gasteiger partial charge is 0.387 e. The summed E-state index contributed by atoms with van der Waals surface area (Å²) in [4.78, 5) is 4.16. The summed E-state index contributed by atoms with van der Waals surface area (Å²) in [6, 6.07) is 4.83. The molecule has 0 aliphatic heterocycles. The number of rotatable bonds is 3. The molecule has 0 spiro atoms. The van der Waals surface area contributed by atoms with E-state index in [-0.39, 0.29) is 5.82 Å². The van der Waals surface area contributed by atoms with E-state index in [0.29, 0.717) is 17.1 Å². The van der Waals surface area contributed by atoms with E-state index < -0.39 is 0 Å². The Morgan fingerprint density at radius 3 is 2.86 bits per heavy atom. The predicted octanol–water partition coefficient (Wildman–Crippen LogP) is 2.92. The topological polar surface area (TPSA) is 38.4 Å². The van der Waals surface area contributed by atoms with Gasteiger partial charge in [-0.15, -0.1) is 0 Å². The first-order valence-corrected chi connectivity index (χ1v) is 4.73. The highest BCUT2D eigenvalue weighted by atomic mass is 19.1. The van der Waals surface area contributed by atoms with Gasteiger partial charge in [-0.3, -0.25) is 0 Å². The van der Waals surface area contributed by atoms with Crippen molar-refractivity contribution in [3.63, 3.8) is 0 Å². The van der Waals surface area contributed by atoms with Gasteiger partial charge in [0.05, 0.1) is 11.5 Å². The molecule has 14 heavy (non-hydrogen) atoms. The monoisotopic (exact) mass is 194 g/mol. The summed E-state index contributed by atoms with van der Waals surface area (Å²) in [5.41, 5.74) is 6.83. The Balaban J connectivity index is 2.96. The first-order valence-electron chi connectivity index (χ1n) is 4.73. The molecule has 0 saturated heterocycles. The summed E-state index contributed by atoms with van der Waals surface area (Å²) in [5.74, 6) is 0.316. The molecule has 0 heterocycles. The molecular formula is C11H15FN2. The van der Waals surface area contributed by atoms with Gasteiger partial charge in [-0.25, -0.2) is 9.38 Å². The third-order valence-corrected chi connectivity index (χ3v) is 2.01. The lowest BCUT2D eigenvalue weighted by Crippen LogP contribution is -2.10. The maximum absolute atomic E-state index is 13.1. The molecule has 0 aliphatic carbocycles. The number of halogens is 1. The van der Waals surface area contributed by atoms with Crippen LogP contribution in [0.4, 0.5) is 10.1 Å². The summed E-state index contributed by atoms with van der Waals surface area (Å²) in [6.45, 7) is 3.73. The second-order valence-electron chi connectivity index (χ2n) is 3.24. The lowest BCUT2D eigenvalue weighted by atomic mass is 10.2. The zero-order chi connectivity index (χ0) is 10.6. The van der Waals surface area contributed by atoms with Crippen molar-refractivity contribution < 1.29 is 4.39 Å². The lowest BCUT2D eigenvalue weighted by molar-refractivity contribution is 0.619. The van der Waals surface area contributed by atoms with Gasteiger partial charge in [0.25, 0.3) is 0 Å². The van der Waals surface area contributed by atoms with Crippen LogP contribution in [-0.4, -0.2) is 5.84 Å². The van der Waals surface area contributed by atoms with Crippen molar-refractivity contribution >= 4 is 11.5 Å². The Morgan fingerprint density at radius 1 is 1.50 bits per heavy atom. The van der Waals surface area contributed by atoms with Crippen molar-refractivity contribution in [2.24, 2.45) is 10.7 Å². The van der Waals surface area contributed by atoms with Crippen LogP contribution in [-0.2, 0) is 0 Å². The van der Waals surface area contributed by atoms with Crippen LogP contribution < -0.4 is 5.73 Å². The normalized spacial score (nSPS) is 11.8. The van der Waals surface area contributed by atoms with Crippen LogP contribution in [0.1, 0.15) is 25.3 Å². The summed E-state index contributed by atoms with van der Waals surface area (Å²) in [7, 11) is 0. The van der Waals surface area contributed by atoms with Crippen molar-refractivity contribution in [3.05, 3.63) is 29.6 Å². The average Bonchev–Trinajstić information content (AvgIpc) is 2.13. The molecule has 0 fully saturated rings. The third kappa shape index (κ3) is 2.55. The summed E-state index contributed by atoms with van der Waals surface area (Å²) < 4.78 is 13.1. The third-order valence-electron chi connectivity index (χ3n) is 2.01. The summed E-state index contributed by atoms with van der Waals surface area (Å²) in [5, 5.41) is 0. The maximum Gasteiger partial charge on any atom is 0.128 e. The molecule has 2 N–H and O–H groups in total. The second kappa shape index (κ2) is 4.74.